The van der Waals surface area contributed by atoms with Gasteiger partial charge < -0.3 is 10.4 Å². The van der Waals surface area contributed by atoms with Gasteiger partial charge in [0.05, 0.1) is 16.1 Å². The number of hydrogen-bond acceptors (Lipinski definition) is 2. The predicted molar refractivity (Wildman–Crippen MR) is 69.8 cm³/mol. The molecule has 98 valence electrons. The molecular weight excluding hydrogens is 301 g/mol. The van der Waals surface area contributed by atoms with Crippen LogP contribution in [-0.2, 0) is 0 Å². The van der Waals surface area contributed by atoms with Gasteiger partial charge in [0.25, 0.3) is 5.91 Å². The van der Waals surface area contributed by atoms with Crippen LogP contribution in [0.1, 0.15) is 29.6 Å². The zero-order valence-electron chi connectivity index (χ0n) is 9.83. The molecule has 1 fully saturated rings. The van der Waals surface area contributed by atoms with Crippen molar-refractivity contribution in [3.05, 3.63) is 34.1 Å². The summed E-state index contributed by atoms with van der Waals surface area (Å²) in [6, 6.07) is 4.38. The summed E-state index contributed by atoms with van der Waals surface area (Å²) in [6.07, 6.45) is 2.20. The number of rotatable bonds is 3. The van der Waals surface area contributed by atoms with Gasteiger partial charge in [-0.05, 0) is 53.2 Å². The van der Waals surface area contributed by atoms with Gasteiger partial charge in [-0.25, -0.2) is 4.39 Å². The maximum Gasteiger partial charge on any atom is 0.252 e. The molecule has 2 N–H and O–H groups in total. The average Bonchev–Trinajstić information content (AvgIpc) is 2.76. The number of amides is 1. The highest BCUT2D eigenvalue weighted by atomic mass is 79.9. The van der Waals surface area contributed by atoms with E-state index in [-0.39, 0.29) is 16.5 Å². The van der Waals surface area contributed by atoms with E-state index >= 15 is 0 Å². The van der Waals surface area contributed by atoms with Crippen molar-refractivity contribution in [3.63, 3.8) is 0 Å². The van der Waals surface area contributed by atoms with Gasteiger partial charge in [0.2, 0.25) is 0 Å². The standard InChI is InChI=1S/C13H15BrFNO2/c14-12-10(2-1-3-11(12)15)13(18)16-7-8-4-5-9(17)6-8/h1-3,8-9,17H,4-7H2,(H,16,18). The summed E-state index contributed by atoms with van der Waals surface area (Å²) in [5, 5.41) is 12.2. The number of benzene rings is 1. The molecule has 5 heteroatoms. The lowest BCUT2D eigenvalue weighted by Crippen LogP contribution is -2.29. The summed E-state index contributed by atoms with van der Waals surface area (Å²) < 4.78 is 13.5. The Labute approximate surface area is 114 Å². The summed E-state index contributed by atoms with van der Waals surface area (Å²) in [5.41, 5.74) is 0.300. The van der Waals surface area contributed by atoms with Gasteiger partial charge in [0, 0.05) is 6.54 Å². The largest absolute Gasteiger partial charge is 0.393 e. The van der Waals surface area contributed by atoms with E-state index in [4.69, 9.17) is 0 Å². The zero-order valence-corrected chi connectivity index (χ0v) is 11.4. The first-order chi connectivity index (χ1) is 8.58. The Balaban J connectivity index is 1.94. The van der Waals surface area contributed by atoms with Crippen molar-refractivity contribution in [1.82, 2.24) is 5.32 Å². The Bertz CT molecular complexity index is 453. The first-order valence-electron chi connectivity index (χ1n) is 5.98. The summed E-state index contributed by atoms with van der Waals surface area (Å²) in [4.78, 5) is 11.9. The normalized spacial score (nSPS) is 23.1. The number of aliphatic hydroxyl groups excluding tert-OH is 1. The van der Waals surface area contributed by atoms with Crippen molar-refractivity contribution in [1.29, 1.82) is 0 Å². The van der Waals surface area contributed by atoms with Gasteiger partial charge in [0.15, 0.2) is 0 Å². The maximum absolute atomic E-state index is 13.3. The lowest BCUT2D eigenvalue weighted by Gasteiger charge is -2.11. The molecule has 0 bridgehead atoms. The number of nitrogens with one attached hydrogen (secondary N) is 1. The van der Waals surface area contributed by atoms with E-state index < -0.39 is 5.82 Å². The summed E-state index contributed by atoms with van der Waals surface area (Å²) in [5.74, 6) is -0.419. The topological polar surface area (TPSA) is 49.3 Å². The third kappa shape index (κ3) is 3.09. The lowest BCUT2D eigenvalue weighted by atomic mass is 10.1. The first kappa shape index (κ1) is 13.5. The van der Waals surface area contributed by atoms with E-state index in [2.05, 4.69) is 21.2 Å². The Hall–Kier alpha value is -0.940. The van der Waals surface area contributed by atoms with Gasteiger partial charge >= 0.3 is 0 Å². The van der Waals surface area contributed by atoms with E-state index in [1.165, 1.54) is 12.1 Å². The second-order valence-corrected chi connectivity index (χ2v) is 5.44. The molecule has 2 atom stereocenters. The predicted octanol–water partition coefficient (Wildman–Crippen LogP) is 2.48. The number of hydrogen-bond donors (Lipinski definition) is 2. The first-order valence-corrected chi connectivity index (χ1v) is 6.77. The number of carbonyl (C=O) groups excluding carboxylic acids is 1. The van der Waals surface area contributed by atoms with Crippen LogP contribution in [0.2, 0.25) is 0 Å². The fourth-order valence-electron chi connectivity index (χ4n) is 2.25. The molecule has 0 radical (unpaired) electrons. The highest BCUT2D eigenvalue weighted by Crippen LogP contribution is 2.25. The molecule has 0 aliphatic heterocycles. The van der Waals surface area contributed by atoms with Crippen LogP contribution >= 0.6 is 15.9 Å². The van der Waals surface area contributed by atoms with Crippen molar-refractivity contribution in [2.45, 2.75) is 25.4 Å². The van der Waals surface area contributed by atoms with Crippen molar-refractivity contribution in [2.24, 2.45) is 5.92 Å². The Morgan fingerprint density at radius 3 is 2.94 bits per heavy atom. The van der Waals surface area contributed by atoms with E-state index in [1.807, 2.05) is 0 Å². The van der Waals surface area contributed by atoms with E-state index in [1.54, 1.807) is 6.07 Å². The molecule has 1 aromatic rings. The minimum absolute atomic E-state index is 0.189. The molecule has 1 aliphatic carbocycles. The number of halogens is 2. The fraction of sp³-hybridized carbons (Fsp3) is 0.462. The van der Waals surface area contributed by atoms with Gasteiger partial charge in [-0.1, -0.05) is 6.07 Å². The van der Waals surface area contributed by atoms with Crippen molar-refractivity contribution >= 4 is 21.8 Å². The van der Waals surface area contributed by atoms with Crippen LogP contribution in [-0.4, -0.2) is 23.7 Å². The highest BCUT2D eigenvalue weighted by Gasteiger charge is 2.23. The molecule has 18 heavy (non-hydrogen) atoms. The highest BCUT2D eigenvalue weighted by molar-refractivity contribution is 9.10. The van der Waals surface area contributed by atoms with Crippen LogP contribution in [0.5, 0.6) is 0 Å². The van der Waals surface area contributed by atoms with Crippen LogP contribution in [0.25, 0.3) is 0 Å². The third-order valence-corrected chi connectivity index (χ3v) is 4.07. The summed E-state index contributed by atoms with van der Waals surface area (Å²) in [6.45, 7) is 0.527. The second-order valence-electron chi connectivity index (χ2n) is 4.64. The van der Waals surface area contributed by atoms with Crippen molar-refractivity contribution in [2.75, 3.05) is 6.54 Å². The molecule has 1 aromatic carbocycles. The van der Waals surface area contributed by atoms with Gasteiger partial charge in [-0.2, -0.15) is 0 Å². The summed E-state index contributed by atoms with van der Waals surface area (Å²) >= 11 is 3.07. The molecule has 1 amide bonds. The third-order valence-electron chi connectivity index (χ3n) is 3.26. The Kier molecular flexibility index (Phi) is 4.35. The minimum Gasteiger partial charge on any atom is -0.393 e. The molecule has 0 heterocycles. The van der Waals surface area contributed by atoms with Crippen LogP contribution < -0.4 is 5.32 Å². The van der Waals surface area contributed by atoms with Crippen LogP contribution in [0.3, 0.4) is 0 Å². The van der Waals surface area contributed by atoms with Gasteiger partial charge in [-0.3, -0.25) is 4.79 Å². The molecule has 3 nitrogen and oxygen atoms in total. The molecule has 0 aromatic heterocycles. The molecule has 1 aliphatic rings. The van der Waals surface area contributed by atoms with Crippen LogP contribution in [0.15, 0.2) is 22.7 Å². The van der Waals surface area contributed by atoms with Crippen LogP contribution in [0.4, 0.5) is 4.39 Å². The Morgan fingerprint density at radius 1 is 1.50 bits per heavy atom. The monoisotopic (exact) mass is 315 g/mol. The van der Waals surface area contributed by atoms with Gasteiger partial charge in [-0.15, -0.1) is 0 Å². The summed E-state index contributed by atoms with van der Waals surface area (Å²) in [7, 11) is 0. The Morgan fingerprint density at radius 2 is 2.28 bits per heavy atom. The van der Waals surface area contributed by atoms with Gasteiger partial charge in [0.1, 0.15) is 5.82 Å². The van der Waals surface area contributed by atoms with Crippen molar-refractivity contribution < 1.29 is 14.3 Å². The molecule has 1 saturated carbocycles. The van der Waals surface area contributed by atoms with E-state index in [0.717, 1.165) is 19.3 Å². The molecule has 2 unspecified atom stereocenters. The molecule has 2 rings (SSSR count). The minimum atomic E-state index is -0.445. The second kappa shape index (κ2) is 5.80. The quantitative estimate of drug-likeness (QED) is 0.900. The lowest BCUT2D eigenvalue weighted by molar-refractivity contribution is 0.0943. The van der Waals surface area contributed by atoms with E-state index in [0.29, 0.717) is 18.0 Å². The number of aliphatic hydroxyl groups is 1. The maximum atomic E-state index is 13.3. The molecule has 0 spiro atoms. The molecular formula is C13H15BrFNO2. The fourth-order valence-corrected chi connectivity index (χ4v) is 2.69. The molecule has 0 saturated heterocycles. The number of carbonyl (C=O) groups is 1. The average molecular weight is 316 g/mol. The van der Waals surface area contributed by atoms with E-state index in [9.17, 15) is 14.3 Å². The smallest absolute Gasteiger partial charge is 0.252 e. The zero-order chi connectivity index (χ0) is 13.1. The van der Waals surface area contributed by atoms with Crippen molar-refractivity contribution in [3.8, 4) is 0 Å². The SMILES string of the molecule is O=C(NCC1CCC(O)C1)c1cccc(F)c1Br. The van der Waals surface area contributed by atoms with Crippen LogP contribution in [0, 0.1) is 11.7 Å².